The van der Waals surface area contributed by atoms with Gasteiger partial charge in [-0.1, -0.05) is 27.2 Å². The monoisotopic (exact) mass is 277 g/mol. The molecule has 1 N–H and O–H groups in total. The van der Waals surface area contributed by atoms with Crippen molar-refractivity contribution in [2.24, 2.45) is 11.3 Å². The molecular formula is C17H31N3. The van der Waals surface area contributed by atoms with Crippen molar-refractivity contribution in [3.63, 3.8) is 0 Å². The molecule has 20 heavy (non-hydrogen) atoms. The highest BCUT2D eigenvalue weighted by molar-refractivity contribution is 4.83. The van der Waals surface area contributed by atoms with Crippen molar-refractivity contribution in [3.8, 4) is 0 Å². The Hall–Kier alpha value is -0.830. The van der Waals surface area contributed by atoms with Crippen molar-refractivity contribution < 1.29 is 0 Å². The van der Waals surface area contributed by atoms with Crippen molar-refractivity contribution in [1.82, 2.24) is 15.1 Å². The van der Waals surface area contributed by atoms with Gasteiger partial charge in [0, 0.05) is 24.5 Å². The predicted molar refractivity (Wildman–Crippen MR) is 84.6 cm³/mol. The molecule has 1 fully saturated rings. The lowest BCUT2D eigenvalue weighted by Gasteiger charge is -2.30. The third kappa shape index (κ3) is 4.62. The maximum atomic E-state index is 4.29. The summed E-state index contributed by atoms with van der Waals surface area (Å²) in [4.78, 5) is 0. The molecular weight excluding hydrogens is 246 g/mol. The number of rotatable bonds is 4. The molecule has 0 spiro atoms. The molecule has 2 rings (SSSR count). The maximum Gasteiger partial charge on any atom is 0.0560 e. The Kier molecular flexibility index (Phi) is 5.25. The van der Waals surface area contributed by atoms with Crippen LogP contribution in [-0.4, -0.2) is 21.9 Å². The number of aromatic nitrogens is 2. The van der Waals surface area contributed by atoms with Crippen molar-refractivity contribution in [1.29, 1.82) is 0 Å². The van der Waals surface area contributed by atoms with Gasteiger partial charge in [0.05, 0.1) is 6.54 Å². The lowest BCUT2D eigenvalue weighted by atomic mass is 9.76. The molecule has 3 heteroatoms. The van der Waals surface area contributed by atoms with E-state index in [-0.39, 0.29) is 0 Å². The summed E-state index contributed by atoms with van der Waals surface area (Å²) in [5.41, 5.74) is 0.468. The van der Waals surface area contributed by atoms with Crippen LogP contribution in [0, 0.1) is 11.3 Å². The fraction of sp³-hybridized carbons (Fsp3) is 0.824. The summed E-state index contributed by atoms with van der Waals surface area (Å²) in [5.74, 6) is 0.885. The van der Waals surface area contributed by atoms with Crippen LogP contribution in [0.4, 0.5) is 0 Å². The zero-order valence-corrected chi connectivity index (χ0v) is 13.6. The minimum absolute atomic E-state index is 0.468. The molecule has 0 aromatic carbocycles. The molecule has 1 aromatic heterocycles. The van der Waals surface area contributed by atoms with Gasteiger partial charge in [0.2, 0.25) is 0 Å². The van der Waals surface area contributed by atoms with Crippen LogP contribution >= 0.6 is 0 Å². The molecule has 1 aliphatic carbocycles. The van der Waals surface area contributed by atoms with Crippen molar-refractivity contribution >= 4 is 0 Å². The summed E-state index contributed by atoms with van der Waals surface area (Å²) >= 11 is 0. The van der Waals surface area contributed by atoms with E-state index in [0.29, 0.717) is 17.5 Å². The standard InChI is InChI=1S/C17H31N3/c1-14(13-20-12-6-11-18-20)19-16-8-5-7-15(9-10-16)17(2,3)4/h6,11-12,14-16,19H,5,7-10,13H2,1-4H3. The van der Waals surface area contributed by atoms with Gasteiger partial charge in [0.1, 0.15) is 0 Å². The molecule has 0 radical (unpaired) electrons. The van der Waals surface area contributed by atoms with Gasteiger partial charge >= 0.3 is 0 Å². The second kappa shape index (κ2) is 6.75. The lowest BCUT2D eigenvalue weighted by molar-refractivity contribution is 0.213. The number of nitrogens with zero attached hydrogens (tertiary/aromatic N) is 2. The first-order valence-corrected chi connectivity index (χ1v) is 8.18. The number of hydrogen-bond acceptors (Lipinski definition) is 2. The van der Waals surface area contributed by atoms with Gasteiger partial charge < -0.3 is 5.32 Å². The molecule has 114 valence electrons. The smallest absolute Gasteiger partial charge is 0.0560 e. The average molecular weight is 277 g/mol. The molecule has 1 saturated carbocycles. The Balaban J connectivity index is 1.79. The Bertz CT molecular complexity index is 377. The fourth-order valence-electron chi connectivity index (χ4n) is 3.48. The topological polar surface area (TPSA) is 29.9 Å². The van der Waals surface area contributed by atoms with Gasteiger partial charge in [-0.3, -0.25) is 4.68 Å². The third-order valence-corrected chi connectivity index (χ3v) is 4.73. The van der Waals surface area contributed by atoms with Crippen LogP contribution < -0.4 is 5.32 Å². The summed E-state index contributed by atoms with van der Waals surface area (Å²) < 4.78 is 2.02. The van der Waals surface area contributed by atoms with Crippen molar-refractivity contribution in [2.75, 3.05) is 0 Å². The van der Waals surface area contributed by atoms with E-state index in [9.17, 15) is 0 Å². The Morgan fingerprint density at radius 2 is 2.05 bits per heavy atom. The Morgan fingerprint density at radius 1 is 1.25 bits per heavy atom. The fourth-order valence-corrected chi connectivity index (χ4v) is 3.48. The first kappa shape index (κ1) is 15.6. The van der Waals surface area contributed by atoms with Crippen LogP contribution in [0.2, 0.25) is 0 Å². The Morgan fingerprint density at radius 3 is 2.70 bits per heavy atom. The molecule has 1 aliphatic rings. The normalized spacial score (nSPS) is 26.2. The molecule has 0 amide bonds. The van der Waals surface area contributed by atoms with E-state index < -0.39 is 0 Å². The van der Waals surface area contributed by atoms with Crippen LogP contribution in [0.5, 0.6) is 0 Å². The first-order valence-electron chi connectivity index (χ1n) is 8.18. The zero-order chi connectivity index (χ0) is 14.6. The minimum atomic E-state index is 0.468. The van der Waals surface area contributed by atoms with Gasteiger partial charge in [0.15, 0.2) is 0 Å². The van der Waals surface area contributed by atoms with Crippen molar-refractivity contribution in [3.05, 3.63) is 18.5 Å². The molecule has 3 nitrogen and oxygen atoms in total. The molecule has 0 bridgehead atoms. The van der Waals surface area contributed by atoms with Crippen LogP contribution in [0.25, 0.3) is 0 Å². The molecule has 0 saturated heterocycles. The number of hydrogen-bond donors (Lipinski definition) is 1. The third-order valence-electron chi connectivity index (χ3n) is 4.73. The molecule has 3 unspecified atom stereocenters. The molecule has 1 heterocycles. The van der Waals surface area contributed by atoms with Gasteiger partial charge in [-0.05, 0) is 50.0 Å². The number of nitrogens with one attached hydrogen (secondary N) is 1. The van der Waals surface area contributed by atoms with Gasteiger partial charge in [-0.15, -0.1) is 0 Å². The highest BCUT2D eigenvalue weighted by atomic mass is 15.3. The minimum Gasteiger partial charge on any atom is -0.310 e. The van der Waals surface area contributed by atoms with E-state index in [0.717, 1.165) is 12.5 Å². The van der Waals surface area contributed by atoms with E-state index >= 15 is 0 Å². The van der Waals surface area contributed by atoms with Crippen LogP contribution in [0.3, 0.4) is 0 Å². The van der Waals surface area contributed by atoms with E-state index in [1.165, 1.54) is 32.1 Å². The lowest BCUT2D eigenvalue weighted by Crippen LogP contribution is -2.39. The van der Waals surface area contributed by atoms with Crippen LogP contribution in [-0.2, 0) is 6.54 Å². The maximum absolute atomic E-state index is 4.29. The van der Waals surface area contributed by atoms with E-state index in [1.807, 2.05) is 23.1 Å². The SMILES string of the molecule is CC(Cn1cccn1)NC1CCCC(C(C)(C)C)CC1. The molecule has 3 atom stereocenters. The highest BCUT2D eigenvalue weighted by Crippen LogP contribution is 2.36. The predicted octanol–water partition coefficient (Wildman–Crippen LogP) is 3.86. The summed E-state index contributed by atoms with van der Waals surface area (Å²) in [6.45, 7) is 10.4. The second-order valence-electron chi connectivity index (χ2n) is 7.56. The summed E-state index contributed by atoms with van der Waals surface area (Å²) in [7, 11) is 0. The summed E-state index contributed by atoms with van der Waals surface area (Å²) in [6, 6.07) is 3.17. The average Bonchev–Trinajstić information content (AvgIpc) is 2.72. The van der Waals surface area contributed by atoms with Gasteiger partial charge in [-0.25, -0.2) is 0 Å². The van der Waals surface area contributed by atoms with Gasteiger partial charge in [-0.2, -0.15) is 5.10 Å². The second-order valence-corrected chi connectivity index (χ2v) is 7.56. The quantitative estimate of drug-likeness (QED) is 0.847. The first-order chi connectivity index (χ1) is 9.45. The zero-order valence-electron chi connectivity index (χ0n) is 13.6. The Labute approximate surface area is 124 Å². The summed E-state index contributed by atoms with van der Waals surface area (Å²) in [6.07, 6.45) is 10.7. The highest BCUT2D eigenvalue weighted by Gasteiger charge is 2.28. The summed E-state index contributed by atoms with van der Waals surface area (Å²) in [5, 5.41) is 8.10. The van der Waals surface area contributed by atoms with Crippen molar-refractivity contribution in [2.45, 2.75) is 78.4 Å². The van der Waals surface area contributed by atoms with Crippen LogP contribution in [0.1, 0.15) is 59.8 Å². The molecule has 1 aromatic rings. The van der Waals surface area contributed by atoms with E-state index in [2.05, 4.69) is 38.1 Å². The molecule has 0 aliphatic heterocycles. The van der Waals surface area contributed by atoms with E-state index in [1.54, 1.807) is 0 Å². The van der Waals surface area contributed by atoms with Gasteiger partial charge in [0.25, 0.3) is 0 Å². The van der Waals surface area contributed by atoms with E-state index in [4.69, 9.17) is 0 Å². The van der Waals surface area contributed by atoms with Crippen LogP contribution in [0.15, 0.2) is 18.5 Å². The largest absolute Gasteiger partial charge is 0.310 e.